The summed E-state index contributed by atoms with van der Waals surface area (Å²) in [6.07, 6.45) is 0. The molecule has 2 amide bonds. The minimum absolute atomic E-state index is 0.0885. The molecule has 2 aromatic rings. The molecule has 7 heteroatoms. The summed E-state index contributed by atoms with van der Waals surface area (Å²) in [6, 6.07) is 10.7. The molecule has 0 spiro atoms. The van der Waals surface area contributed by atoms with Crippen molar-refractivity contribution in [3.05, 3.63) is 42.0 Å². The highest BCUT2D eigenvalue weighted by Crippen LogP contribution is 2.28. The van der Waals surface area contributed by atoms with Crippen molar-refractivity contribution < 1.29 is 19.1 Å². The highest BCUT2D eigenvalue weighted by atomic mass is 32.2. The van der Waals surface area contributed by atoms with Gasteiger partial charge in [-0.05, 0) is 28.5 Å². The van der Waals surface area contributed by atoms with E-state index in [9.17, 15) is 14.4 Å². The van der Waals surface area contributed by atoms with Gasteiger partial charge in [-0.25, -0.2) is 0 Å². The number of amides is 2. The summed E-state index contributed by atoms with van der Waals surface area (Å²) in [5.41, 5.74) is 6.14. The number of primary amides is 1. The maximum atomic E-state index is 12.5. The van der Waals surface area contributed by atoms with Crippen LogP contribution in [0.25, 0.3) is 10.8 Å². The lowest BCUT2D eigenvalue weighted by molar-refractivity contribution is -0.125. The van der Waals surface area contributed by atoms with E-state index in [1.165, 1.54) is 6.92 Å². The number of carbonyl (C=O) groups is 3. The minimum atomic E-state index is -0.863. The SMILES string of the molecule is CC.COc1ccc2cc(C(C)C(=O)SCC(NC(C)=O)C(N)=O)ccc2c1. The van der Waals surface area contributed by atoms with E-state index in [1.54, 1.807) is 7.11 Å². The van der Waals surface area contributed by atoms with Gasteiger partial charge >= 0.3 is 0 Å². The topological polar surface area (TPSA) is 98.5 Å². The quantitative estimate of drug-likeness (QED) is 0.738. The Morgan fingerprint density at radius 2 is 1.71 bits per heavy atom. The Labute approximate surface area is 170 Å². The van der Waals surface area contributed by atoms with Crippen molar-refractivity contribution >= 4 is 39.5 Å². The van der Waals surface area contributed by atoms with E-state index in [2.05, 4.69) is 5.32 Å². The van der Waals surface area contributed by atoms with Crippen LogP contribution in [0.5, 0.6) is 5.75 Å². The van der Waals surface area contributed by atoms with Crippen molar-refractivity contribution in [2.24, 2.45) is 5.73 Å². The Morgan fingerprint density at radius 3 is 2.29 bits per heavy atom. The van der Waals surface area contributed by atoms with Gasteiger partial charge in [0.15, 0.2) is 5.12 Å². The van der Waals surface area contributed by atoms with Crippen LogP contribution >= 0.6 is 11.8 Å². The van der Waals surface area contributed by atoms with E-state index in [4.69, 9.17) is 10.5 Å². The Hall–Kier alpha value is -2.54. The van der Waals surface area contributed by atoms with Gasteiger partial charge in [-0.2, -0.15) is 0 Å². The van der Waals surface area contributed by atoms with Gasteiger partial charge < -0.3 is 15.8 Å². The first-order chi connectivity index (χ1) is 13.3. The third-order valence-electron chi connectivity index (χ3n) is 4.04. The normalized spacial score (nSPS) is 12.3. The third-order valence-corrected chi connectivity index (χ3v) is 5.18. The molecule has 28 heavy (non-hydrogen) atoms. The monoisotopic (exact) mass is 404 g/mol. The third kappa shape index (κ3) is 6.56. The molecule has 152 valence electrons. The van der Waals surface area contributed by atoms with E-state index >= 15 is 0 Å². The molecule has 0 heterocycles. The first-order valence-corrected chi connectivity index (χ1v) is 10.1. The zero-order valence-electron chi connectivity index (χ0n) is 16.9. The predicted molar refractivity (Wildman–Crippen MR) is 115 cm³/mol. The van der Waals surface area contributed by atoms with Crippen molar-refractivity contribution in [2.45, 2.75) is 39.7 Å². The molecule has 0 saturated carbocycles. The van der Waals surface area contributed by atoms with Crippen LogP contribution in [0.4, 0.5) is 0 Å². The van der Waals surface area contributed by atoms with Crippen LogP contribution in [-0.4, -0.2) is 35.8 Å². The van der Waals surface area contributed by atoms with Crippen molar-refractivity contribution in [1.82, 2.24) is 5.32 Å². The molecule has 2 rings (SSSR count). The maximum Gasteiger partial charge on any atom is 0.240 e. The molecule has 0 radical (unpaired) electrons. The smallest absolute Gasteiger partial charge is 0.240 e. The van der Waals surface area contributed by atoms with E-state index in [0.717, 1.165) is 33.8 Å². The van der Waals surface area contributed by atoms with Gasteiger partial charge in [0.1, 0.15) is 11.8 Å². The molecule has 2 atom stereocenters. The number of hydrogen-bond acceptors (Lipinski definition) is 5. The average molecular weight is 405 g/mol. The summed E-state index contributed by atoms with van der Waals surface area (Å²) in [5.74, 6) is -0.478. The maximum absolute atomic E-state index is 12.5. The summed E-state index contributed by atoms with van der Waals surface area (Å²) in [7, 11) is 1.62. The molecule has 0 fully saturated rings. The van der Waals surface area contributed by atoms with Gasteiger partial charge in [0.2, 0.25) is 11.8 Å². The Balaban J connectivity index is 0.00000190. The van der Waals surface area contributed by atoms with Gasteiger partial charge in [-0.3, -0.25) is 14.4 Å². The number of nitrogens with two attached hydrogens (primary N) is 1. The zero-order valence-corrected chi connectivity index (χ0v) is 17.8. The zero-order chi connectivity index (χ0) is 21.3. The molecule has 0 aliphatic carbocycles. The molecule has 0 aromatic heterocycles. The molecule has 2 unspecified atom stereocenters. The Kier molecular flexibility index (Phi) is 9.51. The number of rotatable bonds is 7. The number of hydrogen-bond donors (Lipinski definition) is 2. The van der Waals surface area contributed by atoms with Gasteiger partial charge in [0, 0.05) is 12.7 Å². The predicted octanol–water partition coefficient (Wildman–Crippen LogP) is 3.23. The largest absolute Gasteiger partial charge is 0.497 e. The summed E-state index contributed by atoms with van der Waals surface area (Å²) >= 11 is 0.995. The summed E-state index contributed by atoms with van der Waals surface area (Å²) in [5, 5.41) is 4.40. The summed E-state index contributed by atoms with van der Waals surface area (Å²) < 4.78 is 5.21. The number of nitrogens with one attached hydrogen (secondary N) is 1. The van der Waals surface area contributed by atoms with Gasteiger partial charge in [0.05, 0.1) is 13.0 Å². The molecule has 3 N–H and O–H groups in total. The van der Waals surface area contributed by atoms with Crippen LogP contribution in [0.1, 0.15) is 39.2 Å². The second-order valence-corrected chi connectivity index (χ2v) is 7.00. The van der Waals surface area contributed by atoms with Crippen LogP contribution in [0.15, 0.2) is 36.4 Å². The minimum Gasteiger partial charge on any atom is -0.497 e. The molecule has 0 saturated heterocycles. The second kappa shape index (κ2) is 11.3. The van der Waals surface area contributed by atoms with Crippen molar-refractivity contribution in [3.63, 3.8) is 0 Å². The van der Waals surface area contributed by atoms with Gasteiger partial charge in [0.25, 0.3) is 0 Å². The van der Waals surface area contributed by atoms with Crippen LogP contribution in [0, 0.1) is 0 Å². The standard InChI is InChI=1S/C19H22N2O4S.C2H6/c1-11(19(24)26-10-17(18(20)23)21-12(2)22)13-4-5-15-9-16(25-3)7-6-14(15)8-13;1-2/h4-9,11,17H,10H2,1-3H3,(H2,20,23)(H,21,22);1-2H3. The number of fused-ring (bicyclic) bond motifs is 1. The number of methoxy groups -OCH3 is 1. The van der Waals surface area contributed by atoms with E-state index in [0.29, 0.717) is 0 Å². The number of benzene rings is 2. The van der Waals surface area contributed by atoms with Gasteiger partial charge in [-0.15, -0.1) is 0 Å². The number of carbonyl (C=O) groups excluding carboxylic acids is 3. The van der Waals surface area contributed by atoms with E-state index < -0.39 is 11.9 Å². The number of thioether (sulfide) groups is 1. The lowest BCUT2D eigenvalue weighted by Gasteiger charge is -2.16. The fourth-order valence-electron chi connectivity index (χ4n) is 2.51. The Bertz CT molecular complexity index is 838. The van der Waals surface area contributed by atoms with E-state index in [1.807, 2.05) is 57.2 Å². The molecule has 2 aromatic carbocycles. The lowest BCUT2D eigenvalue weighted by atomic mass is 9.99. The summed E-state index contributed by atoms with van der Waals surface area (Å²) in [6.45, 7) is 7.12. The molecule has 0 aliphatic rings. The van der Waals surface area contributed by atoms with Crippen LogP contribution in [0.2, 0.25) is 0 Å². The Morgan fingerprint density at radius 1 is 1.11 bits per heavy atom. The lowest BCUT2D eigenvalue weighted by Crippen LogP contribution is -2.45. The van der Waals surface area contributed by atoms with Crippen LogP contribution in [0.3, 0.4) is 0 Å². The van der Waals surface area contributed by atoms with Crippen LogP contribution < -0.4 is 15.8 Å². The fourth-order valence-corrected chi connectivity index (χ4v) is 3.47. The second-order valence-electron chi connectivity index (χ2n) is 5.98. The first-order valence-electron chi connectivity index (χ1n) is 9.12. The van der Waals surface area contributed by atoms with Crippen molar-refractivity contribution in [3.8, 4) is 5.75 Å². The first kappa shape index (κ1) is 23.5. The average Bonchev–Trinajstić information content (AvgIpc) is 2.70. The molecule has 0 aliphatic heterocycles. The highest BCUT2D eigenvalue weighted by molar-refractivity contribution is 8.13. The molecule has 6 nitrogen and oxygen atoms in total. The highest BCUT2D eigenvalue weighted by Gasteiger charge is 2.22. The molecule has 0 bridgehead atoms. The van der Waals surface area contributed by atoms with Gasteiger partial charge in [-0.1, -0.05) is 56.8 Å². The van der Waals surface area contributed by atoms with Crippen molar-refractivity contribution in [2.75, 3.05) is 12.9 Å². The summed E-state index contributed by atoms with van der Waals surface area (Å²) in [4.78, 5) is 34.9. The van der Waals surface area contributed by atoms with Crippen molar-refractivity contribution in [1.29, 1.82) is 0 Å². The molecular weight excluding hydrogens is 376 g/mol. The van der Waals surface area contributed by atoms with Crippen LogP contribution in [-0.2, 0) is 14.4 Å². The fraction of sp³-hybridized carbons (Fsp3) is 0.381. The molecular formula is C21H28N2O4S. The number of ether oxygens (including phenoxy) is 1. The van der Waals surface area contributed by atoms with E-state index in [-0.39, 0.29) is 22.7 Å².